The van der Waals surface area contributed by atoms with Crippen LogP contribution in [0.5, 0.6) is 5.75 Å². The minimum atomic E-state index is -0.297. The van der Waals surface area contributed by atoms with Crippen LogP contribution in [-0.2, 0) is 16.0 Å². The van der Waals surface area contributed by atoms with Crippen molar-refractivity contribution in [1.82, 2.24) is 0 Å². The summed E-state index contributed by atoms with van der Waals surface area (Å²) in [6, 6.07) is 13.4. The van der Waals surface area contributed by atoms with Crippen LogP contribution in [0.1, 0.15) is 5.56 Å². The van der Waals surface area contributed by atoms with E-state index < -0.39 is 0 Å². The topological polar surface area (TPSA) is 61.5 Å². The summed E-state index contributed by atoms with van der Waals surface area (Å²) in [4.78, 5) is 11.3. The van der Waals surface area contributed by atoms with E-state index in [4.69, 9.17) is 10.5 Å². The molecule has 104 valence electrons. The molecule has 0 spiro atoms. The van der Waals surface area contributed by atoms with Crippen LogP contribution in [-0.4, -0.2) is 20.2 Å². The predicted molar refractivity (Wildman–Crippen MR) is 78.6 cm³/mol. The molecule has 4 heteroatoms. The molecule has 0 atom stereocenters. The molecule has 0 aliphatic heterocycles. The van der Waals surface area contributed by atoms with E-state index in [9.17, 15) is 4.79 Å². The lowest BCUT2D eigenvalue weighted by atomic mass is 10.0. The summed E-state index contributed by atoms with van der Waals surface area (Å²) in [5.41, 5.74) is 9.39. The lowest BCUT2D eigenvalue weighted by Crippen LogP contribution is -2.06. The maximum atomic E-state index is 11.3. The lowest BCUT2D eigenvalue weighted by Gasteiger charge is -2.08. The second kappa shape index (κ2) is 6.10. The quantitative estimate of drug-likeness (QED) is 0.686. The highest BCUT2D eigenvalue weighted by molar-refractivity contribution is 5.77. The first kappa shape index (κ1) is 13.9. The number of esters is 1. The minimum absolute atomic E-state index is 0.186. The molecule has 0 saturated heterocycles. The standard InChI is InChI=1S/C16H17NO3/c1-19-14-7-5-11(6-8-14)12-3-4-13(15(17)9-12)10-16(18)20-2/h3-9H,10,17H2,1-2H3. The Morgan fingerprint density at radius 2 is 1.70 bits per heavy atom. The fourth-order valence-corrected chi connectivity index (χ4v) is 1.95. The molecule has 2 aromatic rings. The second-order valence-corrected chi connectivity index (χ2v) is 4.40. The molecule has 0 amide bonds. The Bertz CT molecular complexity index is 606. The number of nitrogens with two attached hydrogens (primary N) is 1. The molecule has 0 aliphatic rings. The van der Waals surface area contributed by atoms with E-state index in [1.54, 1.807) is 7.11 Å². The lowest BCUT2D eigenvalue weighted by molar-refractivity contribution is -0.139. The van der Waals surface area contributed by atoms with Gasteiger partial charge in [0.1, 0.15) is 5.75 Å². The van der Waals surface area contributed by atoms with Gasteiger partial charge in [-0.1, -0.05) is 24.3 Å². The molecule has 0 radical (unpaired) electrons. The summed E-state index contributed by atoms with van der Waals surface area (Å²) in [7, 11) is 3.00. The molecule has 2 N–H and O–H groups in total. The molecule has 2 aromatic carbocycles. The van der Waals surface area contributed by atoms with Gasteiger partial charge < -0.3 is 15.2 Å². The van der Waals surface area contributed by atoms with E-state index in [0.717, 1.165) is 22.4 Å². The fraction of sp³-hybridized carbons (Fsp3) is 0.188. The molecule has 0 fully saturated rings. The number of nitrogen functional groups attached to an aromatic ring is 1. The predicted octanol–water partition coefficient (Wildman–Crippen LogP) is 2.66. The Kier molecular flexibility index (Phi) is 4.25. The zero-order valence-electron chi connectivity index (χ0n) is 11.6. The van der Waals surface area contributed by atoms with Crippen molar-refractivity contribution in [2.75, 3.05) is 20.0 Å². The first-order chi connectivity index (χ1) is 9.63. The largest absolute Gasteiger partial charge is 0.497 e. The zero-order chi connectivity index (χ0) is 14.5. The average molecular weight is 271 g/mol. The first-order valence-electron chi connectivity index (χ1n) is 6.23. The number of ether oxygens (including phenoxy) is 2. The molecule has 0 saturated carbocycles. The minimum Gasteiger partial charge on any atom is -0.497 e. The van der Waals surface area contributed by atoms with Crippen LogP contribution in [0.2, 0.25) is 0 Å². The Morgan fingerprint density at radius 1 is 1.05 bits per heavy atom. The van der Waals surface area contributed by atoms with E-state index in [1.807, 2.05) is 42.5 Å². The fourth-order valence-electron chi connectivity index (χ4n) is 1.95. The van der Waals surface area contributed by atoms with Gasteiger partial charge in [0.2, 0.25) is 0 Å². The van der Waals surface area contributed by atoms with Crippen molar-refractivity contribution < 1.29 is 14.3 Å². The van der Waals surface area contributed by atoms with E-state index in [0.29, 0.717) is 5.69 Å². The Morgan fingerprint density at radius 3 is 2.25 bits per heavy atom. The molecule has 0 aliphatic carbocycles. The number of carbonyl (C=O) groups is 1. The highest BCUT2D eigenvalue weighted by Crippen LogP contribution is 2.26. The third-order valence-corrected chi connectivity index (χ3v) is 3.13. The Hall–Kier alpha value is -2.49. The van der Waals surface area contributed by atoms with Crippen LogP contribution < -0.4 is 10.5 Å². The highest BCUT2D eigenvalue weighted by atomic mass is 16.5. The van der Waals surface area contributed by atoms with Gasteiger partial charge in [0, 0.05) is 5.69 Å². The van der Waals surface area contributed by atoms with Crippen LogP contribution in [0, 0.1) is 0 Å². The monoisotopic (exact) mass is 271 g/mol. The number of methoxy groups -OCH3 is 2. The summed E-state index contributed by atoms with van der Waals surface area (Å²) in [6.07, 6.45) is 0.186. The van der Waals surface area contributed by atoms with Gasteiger partial charge in [-0.3, -0.25) is 4.79 Å². The number of benzene rings is 2. The smallest absolute Gasteiger partial charge is 0.310 e. The third-order valence-electron chi connectivity index (χ3n) is 3.13. The number of anilines is 1. The van der Waals surface area contributed by atoms with Gasteiger partial charge in [-0.15, -0.1) is 0 Å². The van der Waals surface area contributed by atoms with E-state index >= 15 is 0 Å². The Labute approximate surface area is 118 Å². The molecule has 2 rings (SSSR count). The van der Waals surface area contributed by atoms with Crippen molar-refractivity contribution in [3.05, 3.63) is 48.0 Å². The molecular weight excluding hydrogens is 254 g/mol. The summed E-state index contributed by atoms with van der Waals surface area (Å²) in [5.74, 6) is 0.512. The second-order valence-electron chi connectivity index (χ2n) is 4.40. The van der Waals surface area contributed by atoms with Crippen molar-refractivity contribution in [2.24, 2.45) is 0 Å². The van der Waals surface area contributed by atoms with Gasteiger partial charge in [-0.05, 0) is 34.9 Å². The van der Waals surface area contributed by atoms with Crippen LogP contribution in [0.15, 0.2) is 42.5 Å². The first-order valence-corrected chi connectivity index (χ1v) is 6.23. The number of hydrogen-bond acceptors (Lipinski definition) is 4. The van der Waals surface area contributed by atoms with Crippen molar-refractivity contribution in [1.29, 1.82) is 0 Å². The van der Waals surface area contributed by atoms with Gasteiger partial charge >= 0.3 is 5.97 Å². The maximum absolute atomic E-state index is 11.3. The summed E-state index contributed by atoms with van der Waals surface area (Å²) < 4.78 is 9.77. The summed E-state index contributed by atoms with van der Waals surface area (Å²) in [6.45, 7) is 0. The molecular formula is C16H17NO3. The van der Waals surface area contributed by atoms with Gasteiger partial charge in [0.25, 0.3) is 0 Å². The molecule has 0 heterocycles. The Balaban J connectivity index is 2.25. The number of rotatable bonds is 4. The van der Waals surface area contributed by atoms with Crippen LogP contribution >= 0.6 is 0 Å². The van der Waals surface area contributed by atoms with E-state index in [1.165, 1.54) is 7.11 Å². The normalized spacial score (nSPS) is 10.1. The zero-order valence-corrected chi connectivity index (χ0v) is 11.6. The van der Waals surface area contributed by atoms with Crippen LogP contribution in [0.3, 0.4) is 0 Å². The van der Waals surface area contributed by atoms with Gasteiger partial charge in [-0.25, -0.2) is 0 Å². The van der Waals surface area contributed by atoms with Crippen LogP contribution in [0.25, 0.3) is 11.1 Å². The molecule has 0 bridgehead atoms. The van der Waals surface area contributed by atoms with Crippen LogP contribution in [0.4, 0.5) is 5.69 Å². The summed E-state index contributed by atoms with van der Waals surface area (Å²) >= 11 is 0. The van der Waals surface area contributed by atoms with E-state index in [2.05, 4.69) is 4.74 Å². The number of carbonyl (C=O) groups excluding carboxylic acids is 1. The average Bonchev–Trinajstić information content (AvgIpc) is 2.49. The SMILES string of the molecule is COC(=O)Cc1ccc(-c2ccc(OC)cc2)cc1N. The van der Waals surface area contributed by atoms with Crippen molar-refractivity contribution >= 4 is 11.7 Å². The van der Waals surface area contributed by atoms with Gasteiger partial charge in [-0.2, -0.15) is 0 Å². The van der Waals surface area contributed by atoms with Crippen molar-refractivity contribution in [2.45, 2.75) is 6.42 Å². The van der Waals surface area contributed by atoms with E-state index in [-0.39, 0.29) is 12.4 Å². The van der Waals surface area contributed by atoms with Crippen molar-refractivity contribution in [3.8, 4) is 16.9 Å². The summed E-state index contributed by atoms with van der Waals surface area (Å²) in [5, 5.41) is 0. The van der Waals surface area contributed by atoms with Gasteiger partial charge in [0.15, 0.2) is 0 Å². The third kappa shape index (κ3) is 3.09. The van der Waals surface area contributed by atoms with Gasteiger partial charge in [0.05, 0.1) is 20.6 Å². The highest BCUT2D eigenvalue weighted by Gasteiger charge is 2.08. The maximum Gasteiger partial charge on any atom is 0.310 e. The number of hydrogen-bond donors (Lipinski definition) is 1. The van der Waals surface area contributed by atoms with Crippen molar-refractivity contribution in [3.63, 3.8) is 0 Å². The molecule has 20 heavy (non-hydrogen) atoms. The molecule has 0 unspecified atom stereocenters. The molecule has 4 nitrogen and oxygen atoms in total. The molecule has 0 aromatic heterocycles.